The first-order valence-corrected chi connectivity index (χ1v) is 6.56. The van der Waals surface area contributed by atoms with Gasteiger partial charge >= 0.3 is 0 Å². The molecule has 2 aromatic carbocycles. The van der Waals surface area contributed by atoms with E-state index in [0.29, 0.717) is 15.8 Å². The first-order valence-electron chi connectivity index (χ1n) is 5.77. The van der Waals surface area contributed by atoms with Gasteiger partial charge in [0.05, 0.1) is 5.69 Å². The second-order valence-electron chi connectivity index (χ2n) is 4.38. The van der Waals surface area contributed by atoms with E-state index < -0.39 is 5.91 Å². The quantitative estimate of drug-likeness (QED) is 0.634. The summed E-state index contributed by atoms with van der Waals surface area (Å²) in [5.41, 5.74) is 7.91. The van der Waals surface area contributed by atoms with E-state index in [9.17, 15) is 15.0 Å². The summed E-state index contributed by atoms with van der Waals surface area (Å²) in [6.07, 6.45) is 0. The van der Waals surface area contributed by atoms with Crippen LogP contribution in [-0.4, -0.2) is 16.1 Å². The first kappa shape index (κ1) is 14.2. The summed E-state index contributed by atoms with van der Waals surface area (Å²) in [7, 11) is 0. The van der Waals surface area contributed by atoms with Crippen molar-refractivity contribution in [2.45, 2.75) is 6.92 Å². The van der Waals surface area contributed by atoms with Crippen molar-refractivity contribution in [2.24, 2.45) is 0 Å². The second-order valence-corrected chi connectivity index (χ2v) is 5.24. The number of phenols is 2. The van der Waals surface area contributed by atoms with Gasteiger partial charge in [0.25, 0.3) is 5.91 Å². The van der Waals surface area contributed by atoms with Crippen LogP contribution in [0.4, 0.5) is 11.4 Å². The smallest absolute Gasteiger partial charge is 0.255 e. The van der Waals surface area contributed by atoms with Gasteiger partial charge in [0.1, 0.15) is 11.5 Å². The maximum Gasteiger partial charge on any atom is 0.255 e. The van der Waals surface area contributed by atoms with Crippen LogP contribution in [0.1, 0.15) is 15.9 Å². The lowest BCUT2D eigenvalue weighted by atomic mass is 10.1. The Labute approximate surface area is 124 Å². The van der Waals surface area contributed by atoms with Crippen molar-refractivity contribution < 1.29 is 15.0 Å². The fraction of sp³-hybridized carbons (Fsp3) is 0.0714. The minimum absolute atomic E-state index is 0.147. The van der Waals surface area contributed by atoms with E-state index in [1.165, 1.54) is 12.1 Å². The Morgan fingerprint density at radius 3 is 2.35 bits per heavy atom. The van der Waals surface area contributed by atoms with Gasteiger partial charge in [-0.25, -0.2) is 0 Å². The number of amides is 1. The first-order chi connectivity index (χ1) is 9.36. The van der Waals surface area contributed by atoms with E-state index in [1.807, 2.05) is 6.92 Å². The largest absolute Gasteiger partial charge is 0.508 e. The summed E-state index contributed by atoms with van der Waals surface area (Å²) >= 11 is 3.34. The molecule has 2 rings (SSSR count). The number of carbonyl (C=O) groups is 1. The molecule has 0 radical (unpaired) electrons. The van der Waals surface area contributed by atoms with E-state index in [-0.39, 0.29) is 17.1 Å². The number of nitrogen functional groups attached to an aromatic ring is 1. The second kappa shape index (κ2) is 5.42. The molecule has 0 spiro atoms. The van der Waals surface area contributed by atoms with Crippen LogP contribution in [0.5, 0.6) is 11.5 Å². The summed E-state index contributed by atoms with van der Waals surface area (Å²) in [5.74, 6) is -0.824. The van der Waals surface area contributed by atoms with Crippen molar-refractivity contribution in [3.05, 3.63) is 45.9 Å². The lowest BCUT2D eigenvalue weighted by Crippen LogP contribution is -2.12. The number of hydrogen-bond acceptors (Lipinski definition) is 4. The Bertz CT molecular complexity index is 666. The van der Waals surface area contributed by atoms with Crippen LogP contribution in [0.2, 0.25) is 0 Å². The van der Waals surface area contributed by atoms with Gasteiger partial charge < -0.3 is 21.3 Å². The predicted molar refractivity (Wildman–Crippen MR) is 81.0 cm³/mol. The van der Waals surface area contributed by atoms with Gasteiger partial charge in [0.15, 0.2) is 0 Å². The van der Waals surface area contributed by atoms with Crippen LogP contribution >= 0.6 is 15.9 Å². The monoisotopic (exact) mass is 336 g/mol. The number of rotatable bonds is 2. The Morgan fingerprint density at radius 1 is 1.15 bits per heavy atom. The molecule has 0 aliphatic heterocycles. The maximum absolute atomic E-state index is 12.1. The van der Waals surface area contributed by atoms with Crippen LogP contribution in [-0.2, 0) is 0 Å². The molecule has 2 aromatic rings. The van der Waals surface area contributed by atoms with Gasteiger partial charge in [0.2, 0.25) is 0 Å². The number of anilines is 2. The molecular weight excluding hydrogens is 324 g/mol. The van der Waals surface area contributed by atoms with Crippen LogP contribution in [0, 0.1) is 6.92 Å². The van der Waals surface area contributed by atoms with Gasteiger partial charge in [-0.3, -0.25) is 4.79 Å². The molecule has 0 heterocycles. The standard InChI is InChI=1S/C14H13BrN2O3/c1-7-2-11(15)13(6-12(7)16)17-14(20)8-3-9(18)5-10(19)4-8/h2-6,18-19H,16H2,1H3,(H,17,20). The molecule has 0 aliphatic carbocycles. The Hall–Kier alpha value is -2.21. The zero-order chi connectivity index (χ0) is 14.9. The molecule has 0 saturated heterocycles. The summed E-state index contributed by atoms with van der Waals surface area (Å²) in [4.78, 5) is 12.1. The predicted octanol–water partition coefficient (Wildman–Crippen LogP) is 3.00. The summed E-state index contributed by atoms with van der Waals surface area (Å²) in [6, 6.07) is 7.11. The van der Waals surface area contributed by atoms with E-state index in [4.69, 9.17) is 5.73 Å². The molecule has 0 bridgehead atoms. The van der Waals surface area contributed by atoms with Crippen LogP contribution in [0.25, 0.3) is 0 Å². The Balaban J connectivity index is 2.30. The molecule has 0 aliphatic rings. The number of benzene rings is 2. The molecule has 20 heavy (non-hydrogen) atoms. The highest BCUT2D eigenvalue weighted by Crippen LogP contribution is 2.29. The van der Waals surface area contributed by atoms with E-state index in [2.05, 4.69) is 21.2 Å². The SMILES string of the molecule is Cc1cc(Br)c(NC(=O)c2cc(O)cc(O)c2)cc1N. The van der Waals surface area contributed by atoms with Crippen molar-refractivity contribution in [1.82, 2.24) is 0 Å². The van der Waals surface area contributed by atoms with Crippen molar-refractivity contribution in [3.8, 4) is 11.5 Å². The molecule has 0 atom stereocenters. The third kappa shape index (κ3) is 3.03. The number of aromatic hydroxyl groups is 2. The molecule has 1 amide bonds. The van der Waals surface area contributed by atoms with E-state index >= 15 is 0 Å². The van der Waals surface area contributed by atoms with Crippen molar-refractivity contribution in [1.29, 1.82) is 0 Å². The van der Waals surface area contributed by atoms with Gasteiger partial charge in [-0.15, -0.1) is 0 Å². The lowest BCUT2D eigenvalue weighted by Gasteiger charge is -2.10. The Morgan fingerprint density at radius 2 is 1.75 bits per heavy atom. The molecule has 5 nitrogen and oxygen atoms in total. The minimum Gasteiger partial charge on any atom is -0.508 e. The molecule has 6 heteroatoms. The average molecular weight is 337 g/mol. The number of hydrogen-bond donors (Lipinski definition) is 4. The maximum atomic E-state index is 12.1. The van der Waals surface area contributed by atoms with Crippen LogP contribution < -0.4 is 11.1 Å². The summed E-state index contributed by atoms with van der Waals surface area (Å²) < 4.78 is 0.696. The lowest BCUT2D eigenvalue weighted by molar-refractivity contribution is 0.102. The topological polar surface area (TPSA) is 95.6 Å². The summed E-state index contributed by atoms with van der Waals surface area (Å²) in [5, 5.41) is 21.4. The number of nitrogens with one attached hydrogen (secondary N) is 1. The highest BCUT2D eigenvalue weighted by molar-refractivity contribution is 9.10. The number of nitrogens with two attached hydrogens (primary N) is 1. The van der Waals surface area contributed by atoms with E-state index in [1.54, 1.807) is 12.1 Å². The van der Waals surface area contributed by atoms with Crippen LogP contribution in [0.3, 0.4) is 0 Å². The zero-order valence-electron chi connectivity index (χ0n) is 10.6. The third-order valence-corrected chi connectivity index (χ3v) is 3.42. The van der Waals surface area contributed by atoms with Crippen molar-refractivity contribution in [3.63, 3.8) is 0 Å². The number of phenolic OH excluding ortho intramolecular Hbond substituents is 2. The highest BCUT2D eigenvalue weighted by atomic mass is 79.9. The van der Waals surface area contributed by atoms with Crippen molar-refractivity contribution >= 4 is 33.2 Å². The minimum atomic E-state index is -0.458. The number of carbonyl (C=O) groups excluding carboxylic acids is 1. The highest BCUT2D eigenvalue weighted by Gasteiger charge is 2.11. The molecule has 0 saturated carbocycles. The normalized spacial score (nSPS) is 10.3. The number of aryl methyl sites for hydroxylation is 1. The fourth-order valence-electron chi connectivity index (χ4n) is 1.71. The fourth-order valence-corrected chi connectivity index (χ4v) is 2.26. The zero-order valence-corrected chi connectivity index (χ0v) is 12.2. The van der Waals surface area contributed by atoms with Gasteiger partial charge in [-0.2, -0.15) is 0 Å². The van der Waals surface area contributed by atoms with Gasteiger partial charge in [0, 0.05) is 21.8 Å². The average Bonchev–Trinajstić information content (AvgIpc) is 2.34. The number of halogens is 1. The Kier molecular flexibility index (Phi) is 3.85. The van der Waals surface area contributed by atoms with E-state index in [0.717, 1.165) is 11.6 Å². The van der Waals surface area contributed by atoms with Gasteiger partial charge in [-0.05, 0) is 52.7 Å². The van der Waals surface area contributed by atoms with Gasteiger partial charge in [-0.1, -0.05) is 0 Å². The summed E-state index contributed by atoms with van der Waals surface area (Å²) in [6.45, 7) is 1.86. The molecule has 5 N–H and O–H groups in total. The van der Waals surface area contributed by atoms with Crippen molar-refractivity contribution in [2.75, 3.05) is 11.1 Å². The van der Waals surface area contributed by atoms with Crippen LogP contribution in [0.15, 0.2) is 34.8 Å². The molecule has 0 fully saturated rings. The third-order valence-electron chi connectivity index (χ3n) is 2.77. The molecule has 0 aromatic heterocycles. The molecule has 0 unspecified atom stereocenters. The molecular formula is C14H13BrN2O3. The molecule has 104 valence electrons.